The third kappa shape index (κ3) is 2.55. The summed E-state index contributed by atoms with van der Waals surface area (Å²) in [5.74, 6) is -0.907. The Morgan fingerprint density at radius 1 is 1.53 bits per heavy atom. The second kappa shape index (κ2) is 4.71. The molecule has 0 aliphatic carbocycles. The Kier molecular flexibility index (Phi) is 3.28. The molecule has 0 aromatic carbocycles. The molecule has 0 radical (unpaired) electrons. The van der Waals surface area contributed by atoms with Crippen LogP contribution in [0.15, 0.2) is 35.2 Å². The van der Waals surface area contributed by atoms with Gasteiger partial charge in [0.25, 0.3) is 0 Å². The maximum atomic E-state index is 11.1. The summed E-state index contributed by atoms with van der Waals surface area (Å²) < 4.78 is 2.59. The molecule has 2 rings (SSSR count). The number of aromatic nitrogens is 2. The topological polar surface area (TPSA) is 55.1 Å². The quantitative estimate of drug-likeness (QED) is 0.947. The minimum atomic E-state index is -0.907. The number of hydrogen-bond acceptors (Lipinski definition) is 2. The van der Waals surface area contributed by atoms with Crippen molar-refractivity contribution >= 4 is 21.9 Å². The molecule has 4 nitrogen and oxygen atoms in total. The minimum absolute atomic E-state index is 0.324. The van der Waals surface area contributed by atoms with Crippen LogP contribution in [0.25, 0.3) is 0 Å². The molecule has 0 saturated carbocycles. The van der Waals surface area contributed by atoms with Gasteiger partial charge in [0, 0.05) is 29.6 Å². The molecule has 88 valence electrons. The van der Waals surface area contributed by atoms with Crippen molar-refractivity contribution in [2.45, 2.75) is 13.5 Å². The van der Waals surface area contributed by atoms with Crippen molar-refractivity contribution < 1.29 is 9.90 Å². The van der Waals surface area contributed by atoms with Crippen molar-refractivity contribution in [2.75, 3.05) is 0 Å². The summed E-state index contributed by atoms with van der Waals surface area (Å²) in [6, 6.07) is 3.73. The van der Waals surface area contributed by atoms with E-state index in [1.54, 1.807) is 36.1 Å². The largest absolute Gasteiger partial charge is 0.477 e. The van der Waals surface area contributed by atoms with E-state index < -0.39 is 5.97 Å². The third-order valence-electron chi connectivity index (χ3n) is 2.48. The van der Waals surface area contributed by atoms with E-state index in [1.807, 2.05) is 6.07 Å². The fourth-order valence-electron chi connectivity index (χ4n) is 1.74. The number of aryl methyl sites for hydroxylation is 1. The van der Waals surface area contributed by atoms with Crippen molar-refractivity contribution in [3.05, 3.63) is 52.0 Å². The van der Waals surface area contributed by atoms with Gasteiger partial charge in [0.2, 0.25) is 0 Å². The first-order valence-corrected chi connectivity index (χ1v) is 5.85. The molecule has 2 aromatic heterocycles. The molecule has 0 fully saturated rings. The predicted molar refractivity (Wildman–Crippen MR) is 67.2 cm³/mol. The van der Waals surface area contributed by atoms with Crippen LogP contribution in [0, 0.1) is 6.92 Å². The molecule has 0 amide bonds. The predicted octanol–water partition coefficient (Wildman–Crippen LogP) is 2.70. The lowest BCUT2D eigenvalue weighted by Crippen LogP contribution is -2.10. The number of carbonyl (C=O) groups is 1. The van der Waals surface area contributed by atoms with Gasteiger partial charge in [-0.05, 0) is 46.1 Å². The van der Waals surface area contributed by atoms with Gasteiger partial charge in [0.15, 0.2) is 0 Å². The van der Waals surface area contributed by atoms with Crippen LogP contribution < -0.4 is 0 Å². The maximum absolute atomic E-state index is 11.1. The van der Waals surface area contributed by atoms with E-state index in [2.05, 4.69) is 20.9 Å². The second-order valence-corrected chi connectivity index (χ2v) is 4.71. The minimum Gasteiger partial charge on any atom is -0.477 e. The molecule has 1 N–H and O–H groups in total. The number of pyridine rings is 1. The highest BCUT2D eigenvalue weighted by atomic mass is 79.9. The van der Waals surface area contributed by atoms with E-state index in [0.29, 0.717) is 12.2 Å². The molecule has 0 atom stereocenters. The molecule has 5 heteroatoms. The van der Waals surface area contributed by atoms with Crippen LogP contribution in [0.1, 0.15) is 21.6 Å². The smallest absolute Gasteiger partial charge is 0.352 e. The molecule has 17 heavy (non-hydrogen) atoms. The van der Waals surface area contributed by atoms with Gasteiger partial charge in [0.1, 0.15) is 5.69 Å². The number of hydrogen-bond donors (Lipinski definition) is 1. The van der Waals surface area contributed by atoms with Gasteiger partial charge in [-0.3, -0.25) is 4.98 Å². The van der Waals surface area contributed by atoms with E-state index in [4.69, 9.17) is 5.11 Å². The molecule has 0 spiro atoms. The summed E-state index contributed by atoms with van der Waals surface area (Å²) in [5, 5.41) is 9.12. The molecule has 0 unspecified atom stereocenters. The average molecular weight is 295 g/mol. The summed E-state index contributed by atoms with van der Waals surface area (Å²) in [6.07, 6.45) is 5.20. The van der Waals surface area contributed by atoms with Crippen LogP contribution in [-0.2, 0) is 6.54 Å². The summed E-state index contributed by atoms with van der Waals surface area (Å²) >= 11 is 3.34. The molecule has 2 aromatic rings. The van der Waals surface area contributed by atoms with Gasteiger partial charge in [-0.25, -0.2) is 4.79 Å². The Labute approximate surface area is 107 Å². The number of halogens is 1. The van der Waals surface area contributed by atoms with E-state index in [-0.39, 0.29) is 0 Å². The first kappa shape index (κ1) is 11.9. The Hall–Kier alpha value is -1.62. The lowest BCUT2D eigenvalue weighted by atomic mass is 10.2. The highest BCUT2D eigenvalue weighted by molar-refractivity contribution is 9.10. The van der Waals surface area contributed by atoms with Crippen LogP contribution in [0.5, 0.6) is 0 Å². The van der Waals surface area contributed by atoms with Gasteiger partial charge in [0.05, 0.1) is 0 Å². The summed E-state index contributed by atoms with van der Waals surface area (Å²) in [4.78, 5) is 15.2. The SMILES string of the molecule is Cc1ccn(Cc2cncc(Br)c2)c1C(=O)O. The van der Waals surface area contributed by atoms with Crippen molar-refractivity contribution in [1.82, 2.24) is 9.55 Å². The standard InChI is InChI=1S/C12H11BrN2O2/c1-8-2-3-15(11(8)12(16)17)7-9-4-10(13)6-14-5-9/h2-6H,7H2,1H3,(H,16,17). The number of carboxylic acids is 1. The zero-order chi connectivity index (χ0) is 12.4. The van der Waals surface area contributed by atoms with Gasteiger partial charge in [-0.15, -0.1) is 0 Å². The summed E-state index contributed by atoms with van der Waals surface area (Å²) in [6.45, 7) is 2.29. The van der Waals surface area contributed by atoms with Crippen LogP contribution >= 0.6 is 15.9 Å². The number of rotatable bonds is 3. The monoisotopic (exact) mass is 294 g/mol. The molecular formula is C12H11BrN2O2. The Morgan fingerprint density at radius 3 is 2.94 bits per heavy atom. The zero-order valence-corrected chi connectivity index (χ0v) is 10.8. The Balaban J connectivity index is 2.33. The van der Waals surface area contributed by atoms with Crippen LogP contribution in [0.4, 0.5) is 0 Å². The highest BCUT2D eigenvalue weighted by Gasteiger charge is 2.13. The van der Waals surface area contributed by atoms with Crippen molar-refractivity contribution in [3.8, 4) is 0 Å². The molecule has 0 saturated heterocycles. The normalized spacial score (nSPS) is 10.5. The first-order valence-electron chi connectivity index (χ1n) is 5.06. The highest BCUT2D eigenvalue weighted by Crippen LogP contribution is 2.15. The fourth-order valence-corrected chi connectivity index (χ4v) is 2.16. The Bertz CT molecular complexity index is 563. The molecule has 0 aliphatic heterocycles. The van der Waals surface area contributed by atoms with Crippen molar-refractivity contribution in [3.63, 3.8) is 0 Å². The second-order valence-electron chi connectivity index (χ2n) is 3.79. The maximum Gasteiger partial charge on any atom is 0.352 e. The van der Waals surface area contributed by atoms with Gasteiger partial charge >= 0.3 is 5.97 Å². The van der Waals surface area contributed by atoms with Crippen LogP contribution in [0.2, 0.25) is 0 Å². The van der Waals surface area contributed by atoms with Crippen molar-refractivity contribution in [2.24, 2.45) is 0 Å². The summed E-state index contributed by atoms with van der Waals surface area (Å²) in [7, 11) is 0. The summed E-state index contributed by atoms with van der Waals surface area (Å²) in [5.41, 5.74) is 2.04. The van der Waals surface area contributed by atoms with Gasteiger partial charge < -0.3 is 9.67 Å². The number of aromatic carboxylic acids is 1. The Morgan fingerprint density at radius 2 is 2.29 bits per heavy atom. The van der Waals surface area contributed by atoms with E-state index in [9.17, 15) is 4.79 Å². The number of carboxylic acid groups (broad SMARTS) is 1. The molecular weight excluding hydrogens is 284 g/mol. The number of nitrogens with zero attached hydrogens (tertiary/aromatic N) is 2. The van der Waals surface area contributed by atoms with Gasteiger partial charge in [-0.1, -0.05) is 0 Å². The van der Waals surface area contributed by atoms with Crippen molar-refractivity contribution in [1.29, 1.82) is 0 Å². The molecule has 0 aliphatic rings. The van der Waals surface area contributed by atoms with E-state index in [1.165, 1.54) is 0 Å². The van der Waals surface area contributed by atoms with E-state index in [0.717, 1.165) is 15.6 Å². The first-order chi connectivity index (χ1) is 8.08. The van der Waals surface area contributed by atoms with Crippen LogP contribution in [-0.4, -0.2) is 20.6 Å². The molecule has 0 bridgehead atoms. The fraction of sp³-hybridized carbons (Fsp3) is 0.167. The molecule has 2 heterocycles. The lowest BCUT2D eigenvalue weighted by Gasteiger charge is -2.07. The average Bonchev–Trinajstić information content (AvgIpc) is 2.59. The zero-order valence-electron chi connectivity index (χ0n) is 9.22. The van der Waals surface area contributed by atoms with E-state index >= 15 is 0 Å². The third-order valence-corrected chi connectivity index (χ3v) is 2.92. The van der Waals surface area contributed by atoms with Crippen LogP contribution in [0.3, 0.4) is 0 Å². The lowest BCUT2D eigenvalue weighted by molar-refractivity contribution is 0.0685. The van der Waals surface area contributed by atoms with Gasteiger partial charge in [-0.2, -0.15) is 0 Å².